The first-order valence-corrected chi connectivity index (χ1v) is 12.4. The van der Waals surface area contributed by atoms with Crippen molar-refractivity contribution < 1.29 is 9.59 Å². The SMILES string of the molecule is NC(=O)c1cc(-c2csc(NC(=O)c3c4c(nc5ccccc35)/C(=C\c3ccccc3)CC4)n2)c[nH]1. The van der Waals surface area contributed by atoms with Crippen LogP contribution in [-0.4, -0.2) is 26.8 Å². The van der Waals surface area contributed by atoms with Crippen molar-refractivity contribution in [1.29, 1.82) is 0 Å². The lowest BCUT2D eigenvalue weighted by Gasteiger charge is -2.12. The van der Waals surface area contributed by atoms with Gasteiger partial charge in [0.1, 0.15) is 5.69 Å². The number of allylic oxidation sites excluding steroid dienone is 1. The minimum absolute atomic E-state index is 0.210. The van der Waals surface area contributed by atoms with Gasteiger partial charge in [-0.15, -0.1) is 11.3 Å². The molecule has 8 heteroatoms. The summed E-state index contributed by atoms with van der Waals surface area (Å²) < 4.78 is 0. The molecule has 4 N–H and O–H groups in total. The predicted molar refractivity (Wildman–Crippen MR) is 143 cm³/mol. The molecular weight excluding hydrogens is 470 g/mol. The molecule has 1 aliphatic carbocycles. The van der Waals surface area contributed by atoms with Gasteiger partial charge in [-0.1, -0.05) is 48.5 Å². The summed E-state index contributed by atoms with van der Waals surface area (Å²) in [6, 6.07) is 19.5. The van der Waals surface area contributed by atoms with E-state index in [1.165, 1.54) is 11.3 Å². The molecule has 0 fully saturated rings. The molecule has 5 aromatic rings. The molecule has 36 heavy (non-hydrogen) atoms. The van der Waals surface area contributed by atoms with Gasteiger partial charge in [0.05, 0.1) is 22.5 Å². The number of fused-ring (bicyclic) bond motifs is 2. The molecule has 1 aliphatic rings. The van der Waals surface area contributed by atoms with E-state index in [-0.39, 0.29) is 5.91 Å². The van der Waals surface area contributed by atoms with Gasteiger partial charge in [-0.3, -0.25) is 14.9 Å². The van der Waals surface area contributed by atoms with Gasteiger partial charge >= 0.3 is 0 Å². The molecule has 2 aromatic carbocycles. The van der Waals surface area contributed by atoms with Crippen molar-refractivity contribution in [2.45, 2.75) is 12.8 Å². The van der Waals surface area contributed by atoms with Gasteiger partial charge in [0, 0.05) is 22.5 Å². The number of para-hydroxylation sites is 1. The van der Waals surface area contributed by atoms with Gasteiger partial charge in [0.25, 0.3) is 11.8 Å². The highest BCUT2D eigenvalue weighted by Crippen LogP contribution is 2.38. The number of carbonyl (C=O) groups excluding carboxylic acids is 2. The number of H-pyrrole nitrogens is 1. The second kappa shape index (κ2) is 8.90. The summed E-state index contributed by atoms with van der Waals surface area (Å²) in [5.41, 5.74) is 12.5. The number of benzene rings is 2. The topological polar surface area (TPSA) is 114 Å². The summed E-state index contributed by atoms with van der Waals surface area (Å²) in [6.07, 6.45) is 5.39. The number of hydrogen-bond donors (Lipinski definition) is 3. The molecule has 0 aliphatic heterocycles. The van der Waals surface area contributed by atoms with E-state index in [0.29, 0.717) is 22.1 Å². The normalized spacial score (nSPS) is 13.7. The van der Waals surface area contributed by atoms with Crippen LogP contribution in [-0.2, 0) is 6.42 Å². The third-order valence-corrected chi connectivity index (χ3v) is 7.04. The molecule has 0 radical (unpaired) electrons. The number of anilines is 1. The summed E-state index contributed by atoms with van der Waals surface area (Å²) in [6.45, 7) is 0. The van der Waals surface area contributed by atoms with E-state index in [9.17, 15) is 9.59 Å². The van der Waals surface area contributed by atoms with Gasteiger partial charge in [-0.25, -0.2) is 9.97 Å². The highest BCUT2D eigenvalue weighted by Gasteiger charge is 2.27. The number of nitrogens with zero attached hydrogens (tertiary/aromatic N) is 2. The Morgan fingerprint density at radius 3 is 2.64 bits per heavy atom. The Balaban J connectivity index is 1.36. The van der Waals surface area contributed by atoms with Gasteiger partial charge < -0.3 is 10.7 Å². The predicted octanol–water partition coefficient (Wildman–Crippen LogP) is 5.52. The molecule has 0 saturated carbocycles. The maximum atomic E-state index is 13.6. The van der Waals surface area contributed by atoms with Crippen LogP contribution in [0, 0.1) is 0 Å². The standard InChI is InChI=1S/C28H21N5O2S/c29-26(34)22-13-18(14-30-22)23-15-36-28(32-23)33-27(35)24-19-8-4-5-9-21(19)31-25-17(10-11-20(24)25)12-16-6-2-1-3-7-16/h1-9,12-15,30H,10-11H2,(H2,29,34)(H,32,33,35)/b17-12-. The fourth-order valence-electron chi connectivity index (χ4n) is 4.60. The van der Waals surface area contributed by atoms with E-state index in [4.69, 9.17) is 10.7 Å². The molecule has 0 bridgehead atoms. The summed E-state index contributed by atoms with van der Waals surface area (Å²) in [5, 5.41) is 6.12. The second-order valence-electron chi connectivity index (χ2n) is 8.57. The van der Waals surface area contributed by atoms with Crippen molar-refractivity contribution in [1.82, 2.24) is 15.0 Å². The lowest BCUT2D eigenvalue weighted by Crippen LogP contribution is -2.15. The molecular formula is C28H21N5O2S. The lowest BCUT2D eigenvalue weighted by molar-refractivity contribution is 0.0994. The molecule has 0 atom stereocenters. The van der Waals surface area contributed by atoms with Crippen molar-refractivity contribution in [3.05, 3.63) is 100 Å². The van der Waals surface area contributed by atoms with E-state index in [1.807, 2.05) is 47.8 Å². The first-order chi connectivity index (χ1) is 17.6. The molecule has 6 rings (SSSR count). The zero-order chi connectivity index (χ0) is 24.6. The molecule has 0 spiro atoms. The molecule has 3 heterocycles. The van der Waals surface area contributed by atoms with Crippen molar-refractivity contribution >= 4 is 50.8 Å². The van der Waals surface area contributed by atoms with E-state index < -0.39 is 5.91 Å². The Morgan fingerprint density at radius 1 is 1.03 bits per heavy atom. The van der Waals surface area contributed by atoms with Gasteiger partial charge in [0.15, 0.2) is 5.13 Å². The maximum Gasteiger partial charge on any atom is 0.265 e. The first kappa shape index (κ1) is 21.9. The number of nitrogens with two attached hydrogens (primary N) is 1. The maximum absolute atomic E-state index is 13.6. The number of amides is 2. The van der Waals surface area contributed by atoms with Gasteiger partial charge in [-0.2, -0.15) is 0 Å². The van der Waals surface area contributed by atoms with Crippen LogP contribution in [0.25, 0.3) is 33.8 Å². The summed E-state index contributed by atoms with van der Waals surface area (Å²) in [4.78, 5) is 37.4. The van der Waals surface area contributed by atoms with Crippen LogP contribution in [0.1, 0.15) is 44.1 Å². The van der Waals surface area contributed by atoms with E-state index in [1.54, 1.807) is 12.3 Å². The van der Waals surface area contributed by atoms with Crippen molar-refractivity contribution in [2.75, 3.05) is 5.32 Å². The Hall–Kier alpha value is -4.56. The van der Waals surface area contributed by atoms with Crippen LogP contribution < -0.4 is 11.1 Å². The highest BCUT2D eigenvalue weighted by atomic mass is 32.1. The monoisotopic (exact) mass is 491 g/mol. The van der Waals surface area contributed by atoms with Crippen LogP contribution in [0.2, 0.25) is 0 Å². The average Bonchev–Trinajstić information content (AvgIpc) is 3.64. The molecule has 0 unspecified atom stereocenters. The van der Waals surface area contributed by atoms with E-state index >= 15 is 0 Å². The van der Waals surface area contributed by atoms with Crippen LogP contribution in [0.4, 0.5) is 5.13 Å². The largest absolute Gasteiger partial charge is 0.364 e. The first-order valence-electron chi connectivity index (χ1n) is 11.5. The molecule has 3 aromatic heterocycles. The van der Waals surface area contributed by atoms with Crippen LogP contribution in [0.3, 0.4) is 0 Å². The molecule has 7 nitrogen and oxygen atoms in total. The van der Waals surface area contributed by atoms with Crippen molar-refractivity contribution in [2.24, 2.45) is 5.73 Å². The smallest absolute Gasteiger partial charge is 0.265 e. The number of nitrogens with one attached hydrogen (secondary N) is 2. The van der Waals surface area contributed by atoms with Crippen LogP contribution in [0.5, 0.6) is 0 Å². The summed E-state index contributed by atoms with van der Waals surface area (Å²) >= 11 is 1.33. The minimum atomic E-state index is -0.538. The zero-order valence-electron chi connectivity index (χ0n) is 19.1. The number of hydrogen-bond acceptors (Lipinski definition) is 5. The Labute approximate surface area is 210 Å². The molecule has 2 amide bonds. The molecule has 0 saturated heterocycles. The number of primary amides is 1. The third kappa shape index (κ3) is 3.97. The fourth-order valence-corrected chi connectivity index (χ4v) is 5.31. The number of carbonyl (C=O) groups is 2. The van der Waals surface area contributed by atoms with Crippen LogP contribution in [0.15, 0.2) is 72.2 Å². The average molecular weight is 492 g/mol. The Morgan fingerprint density at radius 2 is 1.83 bits per heavy atom. The fraction of sp³-hybridized carbons (Fsp3) is 0.0714. The minimum Gasteiger partial charge on any atom is -0.364 e. The van der Waals surface area contributed by atoms with Crippen molar-refractivity contribution in [3.63, 3.8) is 0 Å². The van der Waals surface area contributed by atoms with E-state index in [2.05, 4.69) is 33.5 Å². The van der Waals surface area contributed by atoms with Gasteiger partial charge in [0.2, 0.25) is 0 Å². The second-order valence-corrected chi connectivity index (χ2v) is 9.43. The Bertz CT molecular complexity index is 1670. The number of thiazole rings is 1. The summed E-state index contributed by atoms with van der Waals surface area (Å²) in [7, 11) is 0. The number of aromatic nitrogens is 3. The number of aromatic amines is 1. The van der Waals surface area contributed by atoms with Gasteiger partial charge in [-0.05, 0) is 47.8 Å². The number of pyridine rings is 1. The zero-order valence-corrected chi connectivity index (χ0v) is 19.9. The molecule has 176 valence electrons. The Kier molecular flexibility index (Phi) is 5.42. The lowest BCUT2D eigenvalue weighted by atomic mass is 10.00. The summed E-state index contributed by atoms with van der Waals surface area (Å²) in [5.74, 6) is -0.747. The third-order valence-electron chi connectivity index (χ3n) is 6.28. The quantitative estimate of drug-likeness (QED) is 0.300. The highest BCUT2D eigenvalue weighted by molar-refractivity contribution is 7.14. The van der Waals surface area contributed by atoms with Crippen molar-refractivity contribution in [3.8, 4) is 11.3 Å². The van der Waals surface area contributed by atoms with E-state index in [0.717, 1.165) is 51.7 Å². The number of rotatable bonds is 5. The van der Waals surface area contributed by atoms with Crippen LogP contribution >= 0.6 is 11.3 Å².